The molecule has 2 heterocycles. The Kier molecular flexibility index (Phi) is 4.43. The van der Waals surface area contributed by atoms with E-state index < -0.39 is 0 Å². The van der Waals surface area contributed by atoms with Crippen molar-refractivity contribution < 1.29 is 0 Å². The van der Waals surface area contributed by atoms with Crippen molar-refractivity contribution in [2.75, 3.05) is 11.6 Å². The number of nitrogens with zero attached hydrogens (tertiary/aromatic N) is 3. The Morgan fingerprint density at radius 2 is 1.96 bits per heavy atom. The number of hydrogen-bond acceptors (Lipinski definition) is 5. The highest BCUT2D eigenvalue weighted by Gasteiger charge is 2.08. The van der Waals surface area contributed by atoms with E-state index in [0.29, 0.717) is 16.5 Å². The van der Waals surface area contributed by atoms with Gasteiger partial charge >= 0.3 is 0 Å². The predicted octanol–water partition coefficient (Wildman–Crippen LogP) is 3.31. The van der Waals surface area contributed by atoms with E-state index in [4.69, 9.17) is 0 Å². The average Bonchev–Trinajstić information content (AvgIpc) is 2.59. The van der Waals surface area contributed by atoms with Crippen LogP contribution in [0, 0.1) is 0 Å². The van der Waals surface area contributed by atoms with E-state index in [2.05, 4.69) is 15.3 Å². The molecule has 0 saturated heterocycles. The Morgan fingerprint density at radius 3 is 2.70 bits per heavy atom. The molecule has 6 heteroatoms. The van der Waals surface area contributed by atoms with Crippen molar-refractivity contribution in [3.05, 3.63) is 65.2 Å². The molecule has 2 aromatic heterocycles. The zero-order valence-electron chi connectivity index (χ0n) is 12.9. The molecule has 0 unspecified atom stereocenters. The van der Waals surface area contributed by atoms with Gasteiger partial charge in [0.05, 0.1) is 5.69 Å². The minimum Gasteiger partial charge on any atom is -0.339 e. The molecule has 3 aromatic rings. The Morgan fingerprint density at radius 1 is 1.17 bits per heavy atom. The Labute approximate surface area is 138 Å². The number of thioether (sulfide) groups is 1. The third kappa shape index (κ3) is 3.43. The van der Waals surface area contributed by atoms with E-state index >= 15 is 0 Å². The SMILES string of the molecule is CSc1nccc(Nc2cc(-c3ccccc3)c(=O)n(C)c2)n1. The van der Waals surface area contributed by atoms with Crippen molar-refractivity contribution in [2.24, 2.45) is 7.05 Å². The smallest absolute Gasteiger partial charge is 0.258 e. The number of aromatic nitrogens is 3. The minimum absolute atomic E-state index is 0.0331. The van der Waals surface area contributed by atoms with Gasteiger partial charge in [0.25, 0.3) is 5.56 Å². The highest BCUT2D eigenvalue weighted by Crippen LogP contribution is 2.21. The van der Waals surface area contributed by atoms with Crippen LogP contribution in [0.1, 0.15) is 0 Å². The summed E-state index contributed by atoms with van der Waals surface area (Å²) >= 11 is 1.48. The third-order valence-electron chi connectivity index (χ3n) is 3.36. The molecular weight excluding hydrogens is 308 g/mol. The molecule has 0 amide bonds. The maximum atomic E-state index is 12.4. The van der Waals surface area contributed by atoms with Crippen molar-refractivity contribution in [2.45, 2.75) is 5.16 Å². The maximum Gasteiger partial charge on any atom is 0.258 e. The summed E-state index contributed by atoms with van der Waals surface area (Å²) in [4.78, 5) is 20.9. The summed E-state index contributed by atoms with van der Waals surface area (Å²) in [5.41, 5.74) is 2.31. The number of anilines is 2. The number of hydrogen-bond donors (Lipinski definition) is 1. The molecular formula is C17H16N4OS. The fourth-order valence-electron chi connectivity index (χ4n) is 2.26. The molecule has 0 radical (unpaired) electrons. The molecule has 5 nitrogen and oxygen atoms in total. The van der Waals surface area contributed by atoms with Crippen LogP contribution in [0.2, 0.25) is 0 Å². The molecule has 0 aliphatic rings. The summed E-state index contributed by atoms with van der Waals surface area (Å²) in [6.07, 6.45) is 5.40. The number of rotatable bonds is 4. The van der Waals surface area contributed by atoms with Crippen LogP contribution in [-0.4, -0.2) is 20.8 Å². The van der Waals surface area contributed by atoms with Crippen LogP contribution >= 0.6 is 11.8 Å². The molecule has 23 heavy (non-hydrogen) atoms. The summed E-state index contributed by atoms with van der Waals surface area (Å²) in [6.45, 7) is 0. The molecule has 1 N–H and O–H groups in total. The first-order chi connectivity index (χ1) is 11.2. The van der Waals surface area contributed by atoms with E-state index in [9.17, 15) is 4.79 Å². The van der Waals surface area contributed by atoms with Crippen molar-refractivity contribution in [3.63, 3.8) is 0 Å². The predicted molar refractivity (Wildman–Crippen MR) is 94.2 cm³/mol. The van der Waals surface area contributed by atoms with E-state index in [-0.39, 0.29) is 5.56 Å². The Hall–Kier alpha value is -2.60. The van der Waals surface area contributed by atoms with Gasteiger partial charge in [0.1, 0.15) is 5.82 Å². The summed E-state index contributed by atoms with van der Waals surface area (Å²) in [5.74, 6) is 0.696. The first-order valence-corrected chi connectivity index (χ1v) is 8.30. The van der Waals surface area contributed by atoms with Gasteiger partial charge < -0.3 is 9.88 Å². The van der Waals surface area contributed by atoms with E-state index in [1.54, 1.807) is 30.1 Å². The molecule has 0 aliphatic heterocycles. The molecule has 0 saturated carbocycles. The van der Waals surface area contributed by atoms with Gasteiger partial charge in [0, 0.05) is 25.0 Å². The number of benzene rings is 1. The van der Waals surface area contributed by atoms with Gasteiger partial charge in [-0.15, -0.1) is 0 Å². The summed E-state index contributed by atoms with van der Waals surface area (Å²) in [6, 6.07) is 13.3. The number of pyridine rings is 1. The van der Waals surface area contributed by atoms with Crippen molar-refractivity contribution in [1.82, 2.24) is 14.5 Å². The molecule has 0 bridgehead atoms. The van der Waals surface area contributed by atoms with E-state index in [0.717, 1.165) is 11.3 Å². The fraction of sp³-hybridized carbons (Fsp3) is 0.118. The lowest BCUT2D eigenvalue weighted by molar-refractivity contribution is 0.864. The monoisotopic (exact) mass is 324 g/mol. The van der Waals surface area contributed by atoms with Crippen molar-refractivity contribution in [3.8, 4) is 11.1 Å². The topological polar surface area (TPSA) is 59.8 Å². The minimum atomic E-state index is -0.0331. The van der Waals surface area contributed by atoms with Gasteiger partial charge in [-0.2, -0.15) is 0 Å². The zero-order chi connectivity index (χ0) is 16.2. The standard InChI is InChI=1S/C17H16N4OS/c1-21-11-13(19-15-8-9-18-17(20-15)23-2)10-14(16(21)22)12-6-4-3-5-7-12/h3-11H,1-2H3,(H,18,19,20). The van der Waals surface area contributed by atoms with Gasteiger partial charge in [-0.1, -0.05) is 42.1 Å². The lowest BCUT2D eigenvalue weighted by Crippen LogP contribution is -2.18. The van der Waals surface area contributed by atoms with Gasteiger partial charge in [0.15, 0.2) is 5.16 Å². The molecule has 0 fully saturated rings. The summed E-state index contributed by atoms with van der Waals surface area (Å²) in [7, 11) is 1.74. The first-order valence-electron chi connectivity index (χ1n) is 7.07. The molecule has 3 rings (SSSR count). The van der Waals surface area contributed by atoms with E-state index in [1.807, 2.05) is 42.7 Å². The molecule has 116 valence electrons. The number of nitrogens with one attached hydrogen (secondary N) is 1. The van der Waals surface area contributed by atoms with Crippen molar-refractivity contribution in [1.29, 1.82) is 0 Å². The largest absolute Gasteiger partial charge is 0.339 e. The Bertz CT molecular complexity index is 877. The first kappa shape index (κ1) is 15.3. The second-order valence-corrected chi connectivity index (χ2v) is 5.75. The second kappa shape index (κ2) is 6.66. The quantitative estimate of drug-likeness (QED) is 0.589. The molecule has 0 spiro atoms. The third-order valence-corrected chi connectivity index (χ3v) is 3.92. The van der Waals surface area contributed by atoms with Crippen LogP contribution in [0.25, 0.3) is 11.1 Å². The summed E-state index contributed by atoms with van der Waals surface area (Å²) < 4.78 is 1.57. The van der Waals surface area contributed by atoms with Gasteiger partial charge in [-0.05, 0) is 24.0 Å². The fourth-order valence-corrected chi connectivity index (χ4v) is 2.62. The summed E-state index contributed by atoms with van der Waals surface area (Å²) in [5, 5.41) is 3.93. The van der Waals surface area contributed by atoms with Gasteiger partial charge in [-0.25, -0.2) is 9.97 Å². The lowest BCUT2D eigenvalue weighted by Gasteiger charge is -2.10. The van der Waals surface area contributed by atoms with Crippen LogP contribution in [-0.2, 0) is 7.05 Å². The molecule has 0 atom stereocenters. The maximum absolute atomic E-state index is 12.4. The zero-order valence-corrected chi connectivity index (χ0v) is 13.7. The van der Waals surface area contributed by atoms with Gasteiger partial charge in [-0.3, -0.25) is 4.79 Å². The highest BCUT2D eigenvalue weighted by atomic mass is 32.2. The normalized spacial score (nSPS) is 10.5. The van der Waals surface area contributed by atoms with Crippen molar-refractivity contribution >= 4 is 23.3 Å². The highest BCUT2D eigenvalue weighted by molar-refractivity contribution is 7.98. The van der Waals surface area contributed by atoms with Crippen LogP contribution in [0.3, 0.4) is 0 Å². The number of aryl methyl sites for hydroxylation is 1. The van der Waals surface area contributed by atoms with Crippen LogP contribution in [0.15, 0.2) is 64.8 Å². The van der Waals surface area contributed by atoms with Crippen LogP contribution in [0.5, 0.6) is 0 Å². The van der Waals surface area contributed by atoms with Gasteiger partial charge in [0.2, 0.25) is 0 Å². The van der Waals surface area contributed by atoms with Crippen LogP contribution < -0.4 is 10.9 Å². The van der Waals surface area contributed by atoms with Crippen LogP contribution in [0.4, 0.5) is 11.5 Å². The van der Waals surface area contributed by atoms with E-state index in [1.165, 1.54) is 11.8 Å². The molecule has 0 aliphatic carbocycles. The average molecular weight is 324 g/mol. The Balaban J connectivity index is 2.00. The second-order valence-electron chi connectivity index (χ2n) is 4.98. The lowest BCUT2D eigenvalue weighted by atomic mass is 10.1. The molecule has 1 aromatic carbocycles.